The van der Waals surface area contributed by atoms with Gasteiger partial charge in [0.25, 0.3) is 0 Å². The molecule has 2 aliphatic heterocycles. The quantitative estimate of drug-likeness (QED) is 0.733. The Labute approximate surface area is 97.2 Å². The molecular weight excluding hydrogens is 233 g/mol. The molecule has 2 bridgehead atoms. The Morgan fingerprint density at radius 3 is 3.12 bits per heavy atom. The average Bonchev–Trinajstić information content (AvgIpc) is 2.26. The molecule has 5 heteroatoms. The van der Waals surface area contributed by atoms with E-state index in [2.05, 4.69) is 5.32 Å². The van der Waals surface area contributed by atoms with E-state index in [-0.39, 0.29) is 23.8 Å². The molecule has 0 aliphatic carbocycles. The molecule has 1 aromatic carbocycles. The first kappa shape index (κ1) is 10.3. The largest absolute Gasteiger partial charge is 0.389 e. The van der Waals surface area contributed by atoms with Crippen LogP contribution in [0.1, 0.15) is 18.1 Å². The molecule has 2 aliphatic rings. The molecule has 1 fully saturated rings. The SMILES string of the molecule is O[C@H]1CO[C@@H]2C[C@H]1Nc1cc(Cl)c(F)cc12. The fraction of sp³-hybridized carbons (Fsp3) is 0.455. The standard InChI is InChI=1S/C11H11ClFNO2/c12-6-2-8-5(1-7(6)13)11-3-9(14-8)10(15)4-16-11/h1-2,9-11,14-15H,3-4H2/t9-,10+,11-/m1/s1. The summed E-state index contributed by atoms with van der Waals surface area (Å²) in [7, 11) is 0. The van der Waals surface area contributed by atoms with Crippen LogP contribution in [0.3, 0.4) is 0 Å². The van der Waals surface area contributed by atoms with E-state index in [1.807, 2.05) is 0 Å². The van der Waals surface area contributed by atoms with Crippen LogP contribution in [0.15, 0.2) is 12.1 Å². The van der Waals surface area contributed by atoms with Gasteiger partial charge in [-0.25, -0.2) is 4.39 Å². The Kier molecular flexibility index (Phi) is 2.31. The van der Waals surface area contributed by atoms with Crippen LogP contribution < -0.4 is 5.32 Å². The molecule has 3 nitrogen and oxygen atoms in total. The molecule has 16 heavy (non-hydrogen) atoms. The van der Waals surface area contributed by atoms with Crippen LogP contribution in [0.25, 0.3) is 0 Å². The highest BCUT2D eigenvalue weighted by Crippen LogP contribution is 2.40. The Hall–Kier alpha value is -0.840. The van der Waals surface area contributed by atoms with Crippen molar-refractivity contribution >= 4 is 17.3 Å². The summed E-state index contributed by atoms with van der Waals surface area (Å²) in [4.78, 5) is 0. The first-order valence-corrected chi connectivity index (χ1v) is 5.58. The lowest BCUT2D eigenvalue weighted by Gasteiger charge is -2.40. The van der Waals surface area contributed by atoms with Gasteiger partial charge in [0.15, 0.2) is 0 Å². The number of benzene rings is 1. The fourth-order valence-corrected chi connectivity index (χ4v) is 2.48. The van der Waals surface area contributed by atoms with Crippen molar-refractivity contribution in [2.24, 2.45) is 0 Å². The normalized spacial score (nSPS) is 31.8. The molecular formula is C11H11ClFNO2. The molecule has 3 atom stereocenters. The average molecular weight is 244 g/mol. The monoisotopic (exact) mass is 243 g/mol. The van der Waals surface area contributed by atoms with E-state index in [1.54, 1.807) is 6.07 Å². The molecule has 0 unspecified atom stereocenters. The zero-order valence-corrected chi connectivity index (χ0v) is 9.17. The van der Waals surface area contributed by atoms with Crippen LogP contribution in [0, 0.1) is 5.82 Å². The number of nitrogens with one attached hydrogen (secondary N) is 1. The number of halogens is 2. The highest BCUT2D eigenvalue weighted by atomic mass is 35.5. The number of hydrogen-bond donors (Lipinski definition) is 2. The van der Waals surface area contributed by atoms with E-state index in [1.165, 1.54) is 6.07 Å². The molecule has 86 valence electrons. The van der Waals surface area contributed by atoms with E-state index in [0.29, 0.717) is 6.42 Å². The predicted octanol–water partition coefficient (Wildman–Crippen LogP) is 2.10. The van der Waals surface area contributed by atoms with Crippen molar-refractivity contribution < 1.29 is 14.2 Å². The second-order valence-corrected chi connectivity index (χ2v) is 4.64. The van der Waals surface area contributed by atoms with Crippen molar-refractivity contribution in [2.45, 2.75) is 24.7 Å². The second-order valence-electron chi connectivity index (χ2n) is 4.23. The smallest absolute Gasteiger partial charge is 0.142 e. The predicted molar refractivity (Wildman–Crippen MR) is 58.1 cm³/mol. The van der Waals surface area contributed by atoms with E-state index in [0.717, 1.165) is 11.3 Å². The number of hydrogen-bond acceptors (Lipinski definition) is 3. The zero-order valence-electron chi connectivity index (χ0n) is 8.41. The lowest BCUT2D eigenvalue weighted by atomic mass is 9.90. The van der Waals surface area contributed by atoms with Gasteiger partial charge in [-0.15, -0.1) is 0 Å². The summed E-state index contributed by atoms with van der Waals surface area (Å²) in [6.45, 7) is 0.284. The molecule has 0 amide bonds. The summed E-state index contributed by atoms with van der Waals surface area (Å²) in [6.07, 6.45) is -0.000422. The molecule has 0 spiro atoms. The van der Waals surface area contributed by atoms with E-state index < -0.39 is 11.9 Å². The van der Waals surface area contributed by atoms with Crippen LogP contribution in [0.4, 0.5) is 10.1 Å². The molecule has 2 N–H and O–H groups in total. The second kappa shape index (κ2) is 3.58. The Bertz CT molecular complexity index is 440. The number of fused-ring (bicyclic) bond motifs is 4. The summed E-state index contributed by atoms with van der Waals surface area (Å²) < 4.78 is 18.8. The first-order valence-electron chi connectivity index (χ1n) is 5.20. The molecule has 3 rings (SSSR count). The van der Waals surface area contributed by atoms with Crippen LogP contribution in [-0.4, -0.2) is 23.9 Å². The van der Waals surface area contributed by atoms with Crippen molar-refractivity contribution in [1.29, 1.82) is 0 Å². The van der Waals surface area contributed by atoms with Crippen molar-refractivity contribution in [3.63, 3.8) is 0 Å². The van der Waals surface area contributed by atoms with Crippen molar-refractivity contribution in [2.75, 3.05) is 11.9 Å². The van der Waals surface area contributed by atoms with E-state index >= 15 is 0 Å². The van der Waals surface area contributed by atoms with Gasteiger partial charge < -0.3 is 15.2 Å². The summed E-state index contributed by atoms with van der Waals surface area (Å²) in [5.74, 6) is -0.435. The van der Waals surface area contributed by atoms with Crippen LogP contribution in [0.5, 0.6) is 0 Å². The lowest BCUT2D eigenvalue weighted by molar-refractivity contribution is -0.0673. The van der Waals surface area contributed by atoms with Gasteiger partial charge in [-0.1, -0.05) is 11.6 Å². The van der Waals surface area contributed by atoms with Crippen LogP contribution in [0.2, 0.25) is 5.02 Å². The Morgan fingerprint density at radius 1 is 1.50 bits per heavy atom. The van der Waals surface area contributed by atoms with Gasteiger partial charge in [0.05, 0.1) is 29.9 Å². The van der Waals surface area contributed by atoms with Gasteiger partial charge in [0.1, 0.15) is 5.82 Å². The van der Waals surface area contributed by atoms with Crippen molar-refractivity contribution in [1.82, 2.24) is 0 Å². The van der Waals surface area contributed by atoms with Crippen LogP contribution in [-0.2, 0) is 4.74 Å². The number of ether oxygens (including phenoxy) is 1. The molecule has 0 aromatic heterocycles. The maximum Gasteiger partial charge on any atom is 0.142 e. The van der Waals surface area contributed by atoms with Crippen molar-refractivity contribution in [3.8, 4) is 0 Å². The van der Waals surface area contributed by atoms with E-state index in [4.69, 9.17) is 16.3 Å². The number of rotatable bonds is 0. The first-order chi connectivity index (χ1) is 7.65. The third-order valence-electron chi connectivity index (χ3n) is 3.18. The molecule has 1 aromatic rings. The summed E-state index contributed by atoms with van der Waals surface area (Å²) >= 11 is 5.72. The molecule has 0 saturated carbocycles. The van der Waals surface area contributed by atoms with E-state index in [9.17, 15) is 9.50 Å². The topological polar surface area (TPSA) is 41.5 Å². The highest BCUT2D eigenvalue weighted by molar-refractivity contribution is 6.31. The molecule has 0 radical (unpaired) electrons. The maximum atomic E-state index is 13.3. The van der Waals surface area contributed by atoms with Gasteiger partial charge in [0.2, 0.25) is 0 Å². The molecule has 2 heterocycles. The summed E-state index contributed by atoms with van der Waals surface area (Å²) in [5.41, 5.74) is 1.54. The number of aliphatic hydroxyl groups is 1. The lowest BCUT2D eigenvalue weighted by Crippen LogP contribution is -2.46. The Morgan fingerprint density at radius 2 is 2.31 bits per heavy atom. The van der Waals surface area contributed by atoms with Crippen LogP contribution >= 0.6 is 11.6 Å². The summed E-state index contributed by atoms with van der Waals surface area (Å²) in [5, 5.41) is 12.9. The summed E-state index contributed by atoms with van der Waals surface area (Å²) in [6, 6.07) is 2.92. The van der Waals surface area contributed by atoms with Gasteiger partial charge in [-0.3, -0.25) is 0 Å². The van der Waals surface area contributed by atoms with Gasteiger partial charge in [0, 0.05) is 17.7 Å². The third-order valence-corrected chi connectivity index (χ3v) is 3.47. The van der Waals surface area contributed by atoms with Gasteiger partial charge in [-0.2, -0.15) is 0 Å². The number of aliphatic hydroxyl groups excluding tert-OH is 1. The Balaban J connectivity index is 2.06. The minimum absolute atomic E-state index is 0.0345. The molecule has 1 saturated heterocycles. The minimum atomic E-state index is -0.520. The number of anilines is 1. The van der Waals surface area contributed by atoms with Crippen molar-refractivity contribution in [3.05, 3.63) is 28.5 Å². The fourth-order valence-electron chi connectivity index (χ4n) is 2.31. The highest BCUT2D eigenvalue weighted by Gasteiger charge is 2.36. The zero-order chi connectivity index (χ0) is 11.3. The maximum absolute atomic E-state index is 13.3. The minimum Gasteiger partial charge on any atom is -0.389 e. The van der Waals surface area contributed by atoms with Gasteiger partial charge >= 0.3 is 0 Å². The van der Waals surface area contributed by atoms with Gasteiger partial charge in [-0.05, 0) is 12.1 Å². The third kappa shape index (κ3) is 1.49.